The van der Waals surface area contributed by atoms with Crippen molar-refractivity contribution in [1.82, 2.24) is 0 Å². The van der Waals surface area contributed by atoms with Crippen LogP contribution in [0.1, 0.15) is 37.0 Å². The normalized spacial score (nSPS) is 15.5. The average molecular weight is 310 g/mol. The highest BCUT2D eigenvalue weighted by atomic mass is 32.2. The number of hydrogen-bond donors (Lipinski definition) is 0. The van der Waals surface area contributed by atoms with Gasteiger partial charge in [0.1, 0.15) is 5.82 Å². The Balaban J connectivity index is 2.10. The molecule has 0 saturated carbocycles. The van der Waals surface area contributed by atoms with Gasteiger partial charge in [-0.3, -0.25) is 0 Å². The van der Waals surface area contributed by atoms with Gasteiger partial charge in [0.05, 0.1) is 0 Å². The lowest BCUT2D eigenvalue weighted by Gasteiger charge is -2.05. The van der Waals surface area contributed by atoms with Crippen LogP contribution in [0.15, 0.2) is 52.9 Å². The molecule has 0 aliphatic heterocycles. The Labute approximate surface area is 135 Å². The number of rotatable bonds is 3. The summed E-state index contributed by atoms with van der Waals surface area (Å²) < 4.78 is 13.6. The average Bonchev–Trinajstić information content (AvgIpc) is 2.79. The standard InChI is InChI=1S/C20H19FS/c1-4-17-13(2)19(18-10-7-15(21)12-20(17)18)11-14-5-8-16(22-3)9-6-14/h5-12H,4H2,1-3H3/b19-11-. The topological polar surface area (TPSA) is 0 Å². The Bertz CT molecular complexity index is 767. The van der Waals surface area contributed by atoms with Crippen LogP contribution in [0.2, 0.25) is 0 Å². The lowest BCUT2D eigenvalue weighted by atomic mass is 10.0. The van der Waals surface area contributed by atoms with E-state index in [-0.39, 0.29) is 5.82 Å². The maximum absolute atomic E-state index is 13.6. The monoisotopic (exact) mass is 310 g/mol. The highest BCUT2D eigenvalue weighted by Crippen LogP contribution is 2.43. The van der Waals surface area contributed by atoms with E-state index < -0.39 is 0 Å². The third kappa shape index (κ3) is 2.64. The van der Waals surface area contributed by atoms with Gasteiger partial charge < -0.3 is 0 Å². The Morgan fingerprint density at radius 1 is 1.05 bits per heavy atom. The molecule has 2 heteroatoms. The van der Waals surface area contributed by atoms with Crippen LogP contribution >= 0.6 is 11.8 Å². The van der Waals surface area contributed by atoms with Gasteiger partial charge in [-0.25, -0.2) is 4.39 Å². The maximum Gasteiger partial charge on any atom is 0.123 e. The summed E-state index contributed by atoms with van der Waals surface area (Å²) in [5.74, 6) is -0.164. The van der Waals surface area contributed by atoms with Crippen molar-refractivity contribution in [2.24, 2.45) is 0 Å². The maximum atomic E-state index is 13.6. The molecular formula is C20H19FS. The van der Waals surface area contributed by atoms with Crippen molar-refractivity contribution in [3.63, 3.8) is 0 Å². The summed E-state index contributed by atoms with van der Waals surface area (Å²) in [6.45, 7) is 4.27. The second kappa shape index (κ2) is 6.13. The van der Waals surface area contributed by atoms with E-state index in [0.717, 1.165) is 17.5 Å². The van der Waals surface area contributed by atoms with E-state index in [1.807, 2.05) is 6.07 Å². The first-order valence-electron chi connectivity index (χ1n) is 7.50. The summed E-state index contributed by atoms with van der Waals surface area (Å²) in [6, 6.07) is 13.7. The molecule has 0 unspecified atom stereocenters. The molecule has 2 aromatic rings. The number of hydrogen-bond acceptors (Lipinski definition) is 1. The molecule has 0 radical (unpaired) electrons. The summed E-state index contributed by atoms with van der Waals surface area (Å²) >= 11 is 1.74. The highest BCUT2D eigenvalue weighted by Gasteiger charge is 2.22. The predicted molar refractivity (Wildman–Crippen MR) is 95.4 cm³/mol. The molecule has 0 amide bonds. The predicted octanol–water partition coefficient (Wildman–Crippen LogP) is 6.29. The van der Waals surface area contributed by atoms with Crippen molar-refractivity contribution in [2.45, 2.75) is 25.2 Å². The van der Waals surface area contributed by atoms with Crippen molar-refractivity contribution in [3.8, 4) is 0 Å². The van der Waals surface area contributed by atoms with Crippen LogP contribution in [0, 0.1) is 5.82 Å². The molecule has 22 heavy (non-hydrogen) atoms. The fourth-order valence-corrected chi connectivity index (χ4v) is 3.48. The van der Waals surface area contributed by atoms with Gasteiger partial charge in [0, 0.05) is 4.90 Å². The lowest BCUT2D eigenvalue weighted by Crippen LogP contribution is -1.86. The quantitative estimate of drug-likeness (QED) is 0.601. The molecule has 1 aliphatic rings. The largest absolute Gasteiger partial charge is 0.207 e. The molecule has 0 nitrogen and oxygen atoms in total. The molecule has 1 aliphatic carbocycles. The van der Waals surface area contributed by atoms with Gasteiger partial charge in [0.2, 0.25) is 0 Å². The van der Waals surface area contributed by atoms with Gasteiger partial charge in [-0.2, -0.15) is 0 Å². The molecule has 0 fully saturated rings. The van der Waals surface area contributed by atoms with Crippen LogP contribution in [-0.4, -0.2) is 6.26 Å². The van der Waals surface area contributed by atoms with E-state index in [0.29, 0.717) is 0 Å². The van der Waals surface area contributed by atoms with Crippen LogP contribution in [0.3, 0.4) is 0 Å². The molecule has 0 atom stereocenters. The van der Waals surface area contributed by atoms with E-state index in [9.17, 15) is 4.39 Å². The van der Waals surface area contributed by atoms with Gasteiger partial charge in [0.15, 0.2) is 0 Å². The number of halogens is 1. The second-order valence-electron chi connectivity index (χ2n) is 5.48. The number of allylic oxidation sites excluding steroid dienone is 3. The Morgan fingerprint density at radius 3 is 2.41 bits per heavy atom. The highest BCUT2D eigenvalue weighted by molar-refractivity contribution is 7.98. The van der Waals surface area contributed by atoms with Crippen LogP contribution in [0.5, 0.6) is 0 Å². The zero-order valence-electron chi connectivity index (χ0n) is 13.1. The molecular weight excluding hydrogens is 291 g/mol. The van der Waals surface area contributed by atoms with Gasteiger partial charge in [-0.05, 0) is 83.4 Å². The molecule has 0 bridgehead atoms. The van der Waals surface area contributed by atoms with E-state index in [4.69, 9.17) is 0 Å². The number of benzene rings is 2. The van der Waals surface area contributed by atoms with Gasteiger partial charge in [-0.15, -0.1) is 11.8 Å². The first-order chi connectivity index (χ1) is 10.6. The molecule has 3 rings (SSSR count). The SMILES string of the molecule is CCC1=C(C)/C(=C/c2ccc(SC)cc2)c2ccc(F)cc21. The van der Waals surface area contributed by atoms with Gasteiger partial charge in [-0.1, -0.05) is 25.1 Å². The van der Waals surface area contributed by atoms with Crippen molar-refractivity contribution in [3.05, 3.63) is 70.5 Å². The fourth-order valence-electron chi connectivity index (χ4n) is 3.08. The molecule has 2 aromatic carbocycles. The van der Waals surface area contributed by atoms with E-state index >= 15 is 0 Å². The third-order valence-electron chi connectivity index (χ3n) is 4.23. The van der Waals surface area contributed by atoms with E-state index in [2.05, 4.69) is 50.4 Å². The van der Waals surface area contributed by atoms with Gasteiger partial charge >= 0.3 is 0 Å². The van der Waals surface area contributed by atoms with Crippen molar-refractivity contribution in [2.75, 3.05) is 6.26 Å². The fraction of sp³-hybridized carbons (Fsp3) is 0.200. The van der Waals surface area contributed by atoms with Gasteiger partial charge in [0.25, 0.3) is 0 Å². The molecule has 0 heterocycles. The minimum atomic E-state index is -0.164. The molecule has 0 saturated heterocycles. The van der Waals surface area contributed by atoms with Crippen LogP contribution in [0.25, 0.3) is 17.2 Å². The van der Waals surface area contributed by atoms with Crippen molar-refractivity contribution < 1.29 is 4.39 Å². The smallest absolute Gasteiger partial charge is 0.123 e. The number of thioether (sulfide) groups is 1. The van der Waals surface area contributed by atoms with Crippen molar-refractivity contribution >= 4 is 29.0 Å². The van der Waals surface area contributed by atoms with E-state index in [1.165, 1.54) is 27.2 Å². The molecule has 0 N–H and O–H groups in total. The summed E-state index contributed by atoms with van der Waals surface area (Å²) in [5.41, 5.74) is 7.10. The minimum Gasteiger partial charge on any atom is -0.207 e. The third-order valence-corrected chi connectivity index (χ3v) is 4.98. The molecule has 0 aromatic heterocycles. The summed E-state index contributed by atoms with van der Waals surface area (Å²) in [6.07, 6.45) is 5.21. The van der Waals surface area contributed by atoms with Crippen LogP contribution in [0.4, 0.5) is 4.39 Å². The Kier molecular flexibility index (Phi) is 4.21. The summed E-state index contributed by atoms with van der Waals surface area (Å²) in [5, 5.41) is 0. The van der Waals surface area contributed by atoms with Crippen LogP contribution < -0.4 is 0 Å². The number of fused-ring (bicyclic) bond motifs is 1. The Morgan fingerprint density at radius 2 is 1.77 bits per heavy atom. The Hall–Kier alpha value is -1.80. The minimum absolute atomic E-state index is 0.164. The lowest BCUT2D eigenvalue weighted by molar-refractivity contribution is 0.627. The molecule has 112 valence electrons. The zero-order chi connectivity index (χ0) is 15.7. The summed E-state index contributed by atoms with van der Waals surface area (Å²) in [7, 11) is 0. The molecule has 0 spiro atoms. The first-order valence-corrected chi connectivity index (χ1v) is 8.72. The van der Waals surface area contributed by atoms with E-state index in [1.54, 1.807) is 23.9 Å². The summed E-state index contributed by atoms with van der Waals surface area (Å²) in [4.78, 5) is 1.26. The van der Waals surface area contributed by atoms with Crippen molar-refractivity contribution in [1.29, 1.82) is 0 Å². The second-order valence-corrected chi connectivity index (χ2v) is 6.36. The zero-order valence-corrected chi connectivity index (χ0v) is 13.9. The first kappa shape index (κ1) is 15.1. The van der Waals surface area contributed by atoms with Crippen LogP contribution in [-0.2, 0) is 0 Å².